The Labute approximate surface area is 121 Å². The molecule has 0 fully saturated rings. The third kappa shape index (κ3) is 2.82. The Bertz CT molecular complexity index is 652. The Morgan fingerprint density at radius 2 is 2.15 bits per heavy atom. The molecule has 106 valence electrons. The van der Waals surface area contributed by atoms with E-state index in [2.05, 4.69) is 10.4 Å². The van der Waals surface area contributed by atoms with E-state index in [-0.39, 0.29) is 5.91 Å². The topological polar surface area (TPSA) is 46.9 Å². The zero-order valence-corrected chi connectivity index (χ0v) is 12.2. The molecule has 0 unspecified atom stereocenters. The predicted octanol–water partition coefficient (Wildman–Crippen LogP) is 3.13. The van der Waals surface area contributed by atoms with Gasteiger partial charge < -0.3 is 5.32 Å². The SMILES string of the molecule is Cn1cc(NC(=O)C(C)(C)c2ccc(Cl)cc2F)cn1. The molecule has 0 spiro atoms. The third-order valence-electron chi connectivity index (χ3n) is 3.13. The number of carbonyl (C=O) groups excluding carboxylic acids is 1. The van der Waals surface area contributed by atoms with E-state index in [1.807, 2.05) is 0 Å². The minimum Gasteiger partial charge on any atom is -0.323 e. The van der Waals surface area contributed by atoms with Gasteiger partial charge in [-0.05, 0) is 26.0 Å². The number of hydrogen-bond donors (Lipinski definition) is 1. The minimum atomic E-state index is -1.02. The van der Waals surface area contributed by atoms with Crippen LogP contribution in [-0.4, -0.2) is 15.7 Å². The molecule has 2 rings (SSSR count). The van der Waals surface area contributed by atoms with Gasteiger partial charge in [0.2, 0.25) is 5.91 Å². The van der Waals surface area contributed by atoms with Crippen LogP contribution in [0.4, 0.5) is 10.1 Å². The van der Waals surface area contributed by atoms with Gasteiger partial charge in [-0.15, -0.1) is 0 Å². The van der Waals surface area contributed by atoms with E-state index >= 15 is 0 Å². The molecule has 0 atom stereocenters. The summed E-state index contributed by atoms with van der Waals surface area (Å²) < 4.78 is 15.5. The quantitative estimate of drug-likeness (QED) is 0.945. The molecule has 1 amide bonds. The molecule has 1 aromatic carbocycles. The van der Waals surface area contributed by atoms with Crippen molar-refractivity contribution in [2.24, 2.45) is 7.05 Å². The Balaban J connectivity index is 2.26. The molecule has 0 aliphatic heterocycles. The number of rotatable bonds is 3. The second-order valence-corrected chi connectivity index (χ2v) is 5.54. The van der Waals surface area contributed by atoms with E-state index < -0.39 is 11.2 Å². The average molecular weight is 296 g/mol. The largest absolute Gasteiger partial charge is 0.323 e. The maximum absolute atomic E-state index is 14.0. The number of benzene rings is 1. The molecular formula is C14H15ClFN3O. The lowest BCUT2D eigenvalue weighted by Crippen LogP contribution is -2.35. The maximum Gasteiger partial charge on any atom is 0.234 e. The molecule has 1 aromatic heterocycles. The molecule has 2 aromatic rings. The standard InChI is InChI=1S/C14H15ClFN3O/c1-14(2,11-5-4-9(15)6-12(11)16)13(20)18-10-7-17-19(3)8-10/h4-8H,1-3H3,(H,18,20). The van der Waals surface area contributed by atoms with Crippen LogP contribution in [-0.2, 0) is 17.3 Å². The summed E-state index contributed by atoms with van der Waals surface area (Å²) in [6, 6.07) is 4.30. The summed E-state index contributed by atoms with van der Waals surface area (Å²) in [7, 11) is 1.75. The molecule has 0 radical (unpaired) electrons. The summed E-state index contributed by atoms with van der Waals surface area (Å²) in [6.45, 7) is 3.32. The number of nitrogens with zero attached hydrogens (tertiary/aromatic N) is 2. The van der Waals surface area contributed by atoms with Crippen molar-refractivity contribution >= 4 is 23.2 Å². The molecule has 6 heteroatoms. The Hall–Kier alpha value is -1.88. The number of anilines is 1. The second-order valence-electron chi connectivity index (χ2n) is 5.11. The summed E-state index contributed by atoms with van der Waals surface area (Å²) >= 11 is 5.73. The summed E-state index contributed by atoms with van der Waals surface area (Å²) in [4.78, 5) is 12.3. The first kappa shape index (κ1) is 14.5. The molecule has 4 nitrogen and oxygen atoms in total. The van der Waals surface area contributed by atoms with Crippen molar-refractivity contribution < 1.29 is 9.18 Å². The van der Waals surface area contributed by atoms with Gasteiger partial charge in [0, 0.05) is 23.8 Å². The Kier molecular flexibility index (Phi) is 3.81. The minimum absolute atomic E-state index is 0.295. The van der Waals surface area contributed by atoms with Gasteiger partial charge in [-0.3, -0.25) is 9.48 Å². The molecule has 0 bridgehead atoms. The first-order valence-corrected chi connectivity index (χ1v) is 6.44. The second kappa shape index (κ2) is 5.25. The number of aryl methyl sites for hydroxylation is 1. The molecule has 0 saturated heterocycles. The first-order chi connectivity index (χ1) is 9.30. The van der Waals surface area contributed by atoms with E-state index in [9.17, 15) is 9.18 Å². The highest BCUT2D eigenvalue weighted by molar-refractivity contribution is 6.30. The summed E-state index contributed by atoms with van der Waals surface area (Å²) in [5, 5.41) is 6.99. The number of halogens is 2. The lowest BCUT2D eigenvalue weighted by Gasteiger charge is -2.24. The molecule has 0 saturated carbocycles. The average Bonchev–Trinajstić information content (AvgIpc) is 2.74. The van der Waals surface area contributed by atoms with Gasteiger partial charge in [-0.25, -0.2) is 4.39 Å². The van der Waals surface area contributed by atoms with Crippen LogP contribution in [0.15, 0.2) is 30.6 Å². The lowest BCUT2D eigenvalue weighted by molar-refractivity contribution is -0.120. The van der Waals surface area contributed by atoms with Gasteiger partial charge in [0.05, 0.1) is 17.3 Å². The number of amides is 1. The van der Waals surface area contributed by atoms with Crippen LogP contribution in [0, 0.1) is 5.82 Å². The van der Waals surface area contributed by atoms with E-state index in [4.69, 9.17) is 11.6 Å². The van der Waals surface area contributed by atoms with Crippen LogP contribution < -0.4 is 5.32 Å². The smallest absolute Gasteiger partial charge is 0.234 e. The van der Waals surface area contributed by atoms with Crippen molar-refractivity contribution in [3.05, 3.63) is 47.0 Å². The van der Waals surface area contributed by atoms with Crippen molar-refractivity contribution in [1.82, 2.24) is 9.78 Å². The summed E-state index contributed by atoms with van der Waals surface area (Å²) in [5.74, 6) is -0.810. The molecule has 1 heterocycles. The van der Waals surface area contributed by atoms with Crippen molar-refractivity contribution in [2.45, 2.75) is 19.3 Å². The van der Waals surface area contributed by atoms with Crippen molar-refractivity contribution in [1.29, 1.82) is 0 Å². The van der Waals surface area contributed by atoms with Crippen LogP contribution in [0.3, 0.4) is 0 Å². The van der Waals surface area contributed by atoms with Crippen LogP contribution in [0.5, 0.6) is 0 Å². The summed E-state index contributed by atoms with van der Waals surface area (Å²) in [6.07, 6.45) is 3.21. The van der Waals surface area contributed by atoms with Gasteiger partial charge >= 0.3 is 0 Å². The van der Waals surface area contributed by atoms with Crippen LogP contribution in [0.2, 0.25) is 5.02 Å². The highest BCUT2D eigenvalue weighted by Gasteiger charge is 2.32. The van der Waals surface area contributed by atoms with Gasteiger partial charge in [0.15, 0.2) is 0 Å². The number of nitrogens with one attached hydrogen (secondary N) is 1. The monoisotopic (exact) mass is 295 g/mol. The normalized spacial score (nSPS) is 11.4. The molecule has 0 aliphatic rings. The van der Waals surface area contributed by atoms with Crippen LogP contribution >= 0.6 is 11.6 Å². The maximum atomic E-state index is 14.0. The predicted molar refractivity (Wildman–Crippen MR) is 76.3 cm³/mol. The Morgan fingerprint density at radius 3 is 2.70 bits per heavy atom. The molecule has 1 N–H and O–H groups in total. The van der Waals surface area contributed by atoms with Crippen molar-refractivity contribution in [3.63, 3.8) is 0 Å². The zero-order chi connectivity index (χ0) is 14.9. The Morgan fingerprint density at radius 1 is 1.45 bits per heavy atom. The van der Waals surface area contributed by atoms with Gasteiger partial charge in [0.1, 0.15) is 5.82 Å². The fraction of sp³-hybridized carbons (Fsp3) is 0.286. The summed E-state index contributed by atoms with van der Waals surface area (Å²) in [5.41, 5.74) is -0.159. The van der Waals surface area contributed by atoms with Gasteiger partial charge in [-0.1, -0.05) is 17.7 Å². The van der Waals surface area contributed by atoms with E-state index in [1.54, 1.807) is 37.8 Å². The van der Waals surface area contributed by atoms with E-state index in [0.717, 1.165) is 0 Å². The lowest BCUT2D eigenvalue weighted by atomic mass is 9.83. The van der Waals surface area contributed by atoms with Crippen LogP contribution in [0.25, 0.3) is 0 Å². The highest BCUT2D eigenvalue weighted by Crippen LogP contribution is 2.29. The molecule has 20 heavy (non-hydrogen) atoms. The van der Waals surface area contributed by atoms with Crippen LogP contribution in [0.1, 0.15) is 19.4 Å². The third-order valence-corrected chi connectivity index (χ3v) is 3.37. The van der Waals surface area contributed by atoms with Gasteiger partial charge in [-0.2, -0.15) is 5.10 Å². The zero-order valence-electron chi connectivity index (χ0n) is 11.4. The van der Waals surface area contributed by atoms with E-state index in [1.165, 1.54) is 18.3 Å². The first-order valence-electron chi connectivity index (χ1n) is 6.06. The fourth-order valence-corrected chi connectivity index (χ4v) is 2.05. The molecule has 0 aliphatic carbocycles. The number of carbonyl (C=O) groups is 1. The number of hydrogen-bond acceptors (Lipinski definition) is 2. The van der Waals surface area contributed by atoms with E-state index in [0.29, 0.717) is 16.3 Å². The number of aromatic nitrogens is 2. The molecular weight excluding hydrogens is 281 g/mol. The van der Waals surface area contributed by atoms with Crippen molar-refractivity contribution in [2.75, 3.05) is 5.32 Å². The van der Waals surface area contributed by atoms with Crippen molar-refractivity contribution in [3.8, 4) is 0 Å². The highest BCUT2D eigenvalue weighted by atomic mass is 35.5. The van der Waals surface area contributed by atoms with Gasteiger partial charge in [0.25, 0.3) is 0 Å². The fourth-order valence-electron chi connectivity index (χ4n) is 1.89.